The number of carbonyl (C=O) groups is 1. The Labute approximate surface area is 150 Å². The monoisotopic (exact) mass is 340 g/mol. The molecule has 0 amide bonds. The van der Waals surface area contributed by atoms with Gasteiger partial charge < -0.3 is 9.84 Å². The third-order valence-electron chi connectivity index (χ3n) is 4.51. The molecule has 0 fully saturated rings. The van der Waals surface area contributed by atoms with Gasteiger partial charge in [0, 0.05) is 12.0 Å². The van der Waals surface area contributed by atoms with Crippen molar-refractivity contribution < 1.29 is 14.6 Å². The molecule has 2 rings (SSSR count). The van der Waals surface area contributed by atoms with Gasteiger partial charge in [0.1, 0.15) is 12.4 Å². The average Bonchev–Trinajstić information content (AvgIpc) is 2.55. The summed E-state index contributed by atoms with van der Waals surface area (Å²) in [5, 5.41) is 9.06. The molecule has 0 aliphatic carbocycles. The van der Waals surface area contributed by atoms with Crippen LogP contribution in [0, 0.1) is 19.8 Å². The van der Waals surface area contributed by atoms with Crippen molar-refractivity contribution in [3.63, 3.8) is 0 Å². The molecule has 1 atom stereocenters. The van der Waals surface area contributed by atoms with Gasteiger partial charge in [-0.1, -0.05) is 44.2 Å². The number of aliphatic carboxylic acids is 1. The van der Waals surface area contributed by atoms with Crippen LogP contribution in [0.3, 0.4) is 0 Å². The van der Waals surface area contributed by atoms with Crippen LogP contribution in [0.1, 0.15) is 54.5 Å². The van der Waals surface area contributed by atoms with E-state index in [0.717, 1.165) is 23.3 Å². The summed E-state index contributed by atoms with van der Waals surface area (Å²) in [6.45, 7) is 10.3. The minimum absolute atomic E-state index is 0.178. The second-order valence-electron chi connectivity index (χ2n) is 7.18. The van der Waals surface area contributed by atoms with Crippen LogP contribution in [-0.2, 0) is 11.2 Å². The summed E-state index contributed by atoms with van der Waals surface area (Å²) in [4.78, 5) is 11.0. The van der Waals surface area contributed by atoms with Crippen molar-refractivity contribution in [3.8, 4) is 5.75 Å². The SMILES string of the molecule is Cc1cc(C)c(Cc2ccc(C(C)C)cc2)c(OCC(C)C(=O)O)c1. The van der Waals surface area contributed by atoms with E-state index in [9.17, 15) is 4.79 Å². The number of hydrogen-bond donors (Lipinski definition) is 1. The quantitative estimate of drug-likeness (QED) is 0.761. The van der Waals surface area contributed by atoms with E-state index in [1.807, 2.05) is 13.0 Å². The molecular weight excluding hydrogens is 312 g/mol. The highest BCUT2D eigenvalue weighted by atomic mass is 16.5. The van der Waals surface area contributed by atoms with Gasteiger partial charge in [-0.15, -0.1) is 0 Å². The van der Waals surface area contributed by atoms with E-state index in [2.05, 4.69) is 51.1 Å². The summed E-state index contributed by atoms with van der Waals surface area (Å²) in [6, 6.07) is 12.8. The molecule has 0 heterocycles. The van der Waals surface area contributed by atoms with Crippen molar-refractivity contribution in [2.75, 3.05) is 6.61 Å². The van der Waals surface area contributed by atoms with E-state index < -0.39 is 11.9 Å². The van der Waals surface area contributed by atoms with Crippen molar-refractivity contribution in [2.24, 2.45) is 5.92 Å². The van der Waals surface area contributed by atoms with Crippen molar-refractivity contribution in [1.29, 1.82) is 0 Å². The summed E-state index contributed by atoms with van der Waals surface area (Å²) < 4.78 is 5.88. The smallest absolute Gasteiger partial charge is 0.309 e. The number of benzene rings is 2. The van der Waals surface area contributed by atoms with E-state index in [1.165, 1.54) is 16.7 Å². The summed E-state index contributed by atoms with van der Waals surface area (Å²) in [5.41, 5.74) is 5.98. The molecule has 2 aromatic carbocycles. The molecule has 1 unspecified atom stereocenters. The lowest BCUT2D eigenvalue weighted by Crippen LogP contribution is -2.18. The first kappa shape index (κ1) is 19.0. The lowest BCUT2D eigenvalue weighted by atomic mass is 9.95. The average molecular weight is 340 g/mol. The zero-order valence-electron chi connectivity index (χ0n) is 15.8. The van der Waals surface area contributed by atoms with Gasteiger partial charge >= 0.3 is 5.97 Å². The lowest BCUT2D eigenvalue weighted by Gasteiger charge is -2.17. The van der Waals surface area contributed by atoms with E-state index in [0.29, 0.717) is 5.92 Å². The van der Waals surface area contributed by atoms with Gasteiger partial charge in [-0.2, -0.15) is 0 Å². The van der Waals surface area contributed by atoms with Crippen LogP contribution in [0.15, 0.2) is 36.4 Å². The lowest BCUT2D eigenvalue weighted by molar-refractivity contribution is -0.142. The minimum Gasteiger partial charge on any atom is -0.492 e. The highest BCUT2D eigenvalue weighted by molar-refractivity contribution is 5.69. The maximum Gasteiger partial charge on any atom is 0.309 e. The Kier molecular flexibility index (Phi) is 6.24. The Morgan fingerprint density at radius 3 is 2.28 bits per heavy atom. The number of carboxylic acid groups (broad SMARTS) is 1. The van der Waals surface area contributed by atoms with Crippen molar-refractivity contribution >= 4 is 5.97 Å². The van der Waals surface area contributed by atoms with E-state index in [1.54, 1.807) is 6.92 Å². The Morgan fingerprint density at radius 1 is 1.08 bits per heavy atom. The molecule has 3 nitrogen and oxygen atoms in total. The Morgan fingerprint density at radius 2 is 1.72 bits per heavy atom. The normalized spacial score (nSPS) is 12.2. The fraction of sp³-hybridized carbons (Fsp3) is 0.409. The fourth-order valence-corrected chi connectivity index (χ4v) is 2.82. The number of hydrogen-bond acceptors (Lipinski definition) is 2. The van der Waals surface area contributed by atoms with Gasteiger partial charge in [-0.25, -0.2) is 0 Å². The van der Waals surface area contributed by atoms with E-state index in [4.69, 9.17) is 9.84 Å². The molecule has 25 heavy (non-hydrogen) atoms. The number of ether oxygens (including phenoxy) is 1. The van der Waals surface area contributed by atoms with Crippen LogP contribution >= 0.6 is 0 Å². The van der Waals surface area contributed by atoms with Crippen LogP contribution in [0.25, 0.3) is 0 Å². The van der Waals surface area contributed by atoms with Crippen LogP contribution in [0.4, 0.5) is 0 Å². The standard InChI is InChI=1S/C22H28O3/c1-14(2)19-8-6-18(7-9-19)12-20-16(4)10-15(3)11-21(20)25-13-17(5)22(23)24/h6-11,14,17H,12-13H2,1-5H3,(H,23,24). The third-order valence-corrected chi connectivity index (χ3v) is 4.51. The second kappa shape index (κ2) is 8.19. The van der Waals surface area contributed by atoms with Crippen molar-refractivity contribution in [2.45, 2.75) is 47.0 Å². The summed E-state index contributed by atoms with van der Waals surface area (Å²) in [7, 11) is 0. The predicted octanol–water partition coefficient (Wildman–Crippen LogP) is 5.12. The summed E-state index contributed by atoms with van der Waals surface area (Å²) >= 11 is 0. The third kappa shape index (κ3) is 5.09. The van der Waals surface area contributed by atoms with Gasteiger partial charge in [0.25, 0.3) is 0 Å². The van der Waals surface area contributed by atoms with Gasteiger partial charge in [-0.3, -0.25) is 4.79 Å². The van der Waals surface area contributed by atoms with E-state index >= 15 is 0 Å². The molecule has 0 bridgehead atoms. The highest BCUT2D eigenvalue weighted by Gasteiger charge is 2.15. The first-order valence-electron chi connectivity index (χ1n) is 8.82. The molecule has 0 aromatic heterocycles. The van der Waals surface area contributed by atoms with Gasteiger partial charge in [0.05, 0.1) is 5.92 Å². The van der Waals surface area contributed by atoms with Gasteiger partial charge in [-0.05, 0) is 55.0 Å². The number of aryl methyl sites for hydroxylation is 2. The number of rotatable bonds is 7. The minimum atomic E-state index is -0.838. The van der Waals surface area contributed by atoms with Crippen molar-refractivity contribution in [1.82, 2.24) is 0 Å². The molecule has 0 radical (unpaired) electrons. The molecule has 0 aliphatic rings. The molecule has 0 saturated heterocycles. The number of carboxylic acids is 1. The maximum atomic E-state index is 11.0. The zero-order chi connectivity index (χ0) is 18.6. The summed E-state index contributed by atoms with van der Waals surface area (Å²) in [6.07, 6.45) is 0.779. The Bertz CT molecular complexity index is 730. The van der Waals surface area contributed by atoms with Crippen LogP contribution in [0.2, 0.25) is 0 Å². The van der Waals surface area contributed by atoms with Gasteiger partial charge in [0.15, 0.2) is 0 Å². The maximum absolute atomic E-state index is 11.0. The second-order valence-corrected chi connectivity index (χ2v) is 7.18. The zero-order valence-corrected chi connectivity index (χ0v) is 15.8. The predicted molar refractivity (Wildman–Crippen MR) is 102 cm³/mol. The molecule has 0 aliphatic heterocycles. The molecular formula is C22H28O3. The molecule has 3 heteroatoms. The highest BCUT2D eigenvalue weighted by Crippen LogP contribution is 2.28. The van der Waals surface area contributed by atoms with E-state index in [-0.39, 0.29) is 6.61 Å². The largest absolute Gasteiger partial charge is 0.492 e. The van der Waals surface area contributed by atoms with Crippen LogP contribution in [-0.4, -0.2) is 17.7 Å². The molecule has 1 N–H and O–H groups in total. The molecule has 0 saturated carbocycles. The summed E-state index contributed by atoms with van der Waals surface area (Å²) in [5.74, 6) is -0.0562. The molecule has 134 valence electrons. The first-order valence-corrected chi connectivity index (χ1v) is 8.82. The fourth-order valence-electron chi connectivity index (χ4n) is 2.82. The van der Waals surface area contributed by atoms with Crippen molar-refractivity contribution in [3.05, 3.63) is 64.2 Å². The molecule has 0 spiro atoms. The first-order chi connectivity index (χ1) is 11.8. The van der Waals surface area contributed by atoms with Gasteiger partial charge in [0.2, 0.25) is 0 Å². The Hall–Kier alpha value is -2.29. The molecule has 2 aromatic rings. The topological polar surface area (TPSA) is 46.5 Å². The van der Waals surface area contributed by atoms with Crippen LogP contribution < -0.4 is 4.74 Å². The Balaban J connectivity index is 2.25. The van der Waals surface area contributed by atoms with Crippen LogP contribution in [0.5, 0.6) is 5.75 Å².